The summed E-state index contributed by atoms with van der Waals surface area (Å²) in [5.74, 6) is 1.73. The topological polar surface area (TPSA) is 0 Å². The average molecular weight is 842 g/mol. The molecule has 0 bridgehead atoms. The van der Waals surface area contributed by atoms with Crippen molar-refractivity contribution >= 4 is 58.2 Å². The van der Waals surface area contributed by atoms with Crippen LogP contribution in [0.1, 0.15) is 47.9 Å². The molecule has 4 heteroatoms. The van der Waals surface area contributed by atoms with Gasteiger partial charge in [0.15, 0.2) is 0 Å². The summed E-state index contributed by atoms with van der Waals surface area (Å²) in [5.41, 5.74) is 5.73. The Labute approximate surface area is 325 Å². The van der Waals surface area contributed by atoms with Crippen molar-refractivity contribution in [1.82, 2.24) is 0 Å². The van der Waals surface area contributed by atoms with Crippen LogP contribution in [0.4, 0.5) is 0 Å². The van der Waals surface area contributed by atoms with Crippen LogP contribution in [0.15, 0.2) is 72.8 Å². The van der Waals surface area contributed by atoms with Gasteiger partial charge in [-0.2, -0.15) is 71.8 Å². The van der Waals surface area contributed by atoms with Gasteiger partial charge >= 0.3 is 0 Å². The number of benzene rings is 3. The smallest absolute Gasteiger partial charge is 0 e. The fourth-order valence-corrected chi connectivity index (χ4v) is 4.43. The molecule has 147 valence electrons. The standard InChI is InChI=1S/C27H28.Ra.Rb.2Y/c1-3-7-22(8-4-1)19-24-11-15-26(16-12-24)21-27-17-13-25(14-18-27)20-23-9-5-2-6-10-23;;;;/h3-12,15-16,25,27H,13-14,17-21H2;;;;/q-2;;;;. The first-order valence-electron chi connectivity index (χ1n) is 10.3. The van der Waals surface area contributed by atoms with Crippen LogP contribution in [0.2, 0.25) is 0 Å². The molecule has 0 spiro atoms. The summed E-state index contributed by atoms with van der Waals surface area (Å²) in [7, 11) is 0. The molecular formula is C27H28RaRbY2-2. The van der Waals surface area contributed by atoms with E-state index in [1.165, 1.54) is 60.8 Å². The Balaban J connectivity index is 0.00000225. The molecule has 3 aromatic rings. The maximum absolute atomic E-state index is 3.12. The van der Waals surface area contributed by atoms with Gasteiger partial charge in [-0.3, -0.25) is 0 Å². The number of hydrogen-bond acceptors (Lipinski definition) is 0. The molecule has 0 N–H and O–H groups in total. The Bertz CT molecular complexity index is 817. The molecule has 0 saturated heterocycles. The zero-order valence-electron chi connectivity index (χ0n) is 18.9. The van der Waals surface area contributed by atoms with E-state index in [2.05, 4.69) is 60.7 Å². The molecule has 0 nitrogen and oxygen atoms in total. The minimum Gasteiger partial charge on any atom is -0.184 e. The maximum Gasteiger partial charge on any atom is 0 e. The van der Waals surface area contributed by atoms with Crippen molar-refractivity contribution in [2.24, 2.45) is 11.8 Å². The van der Waals surface area contributed by atoms with E-state index in [0.29, 0.717) is 0 Å². The zero-order valence-corrected chi connectivity index (χ0v) is 35.3. The van der Waals surface area contributed by atoms with Crippen molar-refractivity contribution in [3.63, 3.8) is 0 Å². The molecule has 0 atom stereocenters. The molecule has 1 fully saturated rings. The zero-order chi connectivity index (χ0) is 18.3. The van der Waals surface area contributed by atoms with E-state index in [1.807, 2.05) is 24.3 Å². The van der Waals surface area contributed by atoms with E-state index in [4.69, 9.17) is 0 Å². The second-order valence-corrected chi connectivity index (χ2v) is 8.10. The van der Waals surface area contributed by atoms with Crippen LogP contribution >= 0.6 is 0 Å². The fourth-order valence-electron chi connectivity index (χ4n) is 4.43. The minimum absolute atomic E-state index is 0. The molecule has 1 saturated carbocycles. The molecule has 0 heterocycles. The molecule has 0 aliphatic heterocycles. The largest absolute Gasteiger partial charge is 0.184 e. The van der Waals surface area contributed by atoms with Gasteiger partial charge in [-0.1, -0.05) is 24.3 Å². The van der Waals surface area contributed by atoms with Crippen LogP contribution in [-0.2, 0) is 84.7 Å². The van der Waals surface area contributed by atoms with Gasteiger partial charge < -0.3 is 0 Å². The van der Waals surface area contributed by atoms with E-state index in [1.54, 1.807) is 0 Å². The molecule has 3 aromatic carbocycles. The normalized spacial score (nSPS) is 17.2. The van der Waals surface area contributed by atoms with Gasteiger partial charge in [0.25, 0.3) is 0 Å². The van der Waals surface area contributed by atoms with Crippen molar-refractivity contribution in [3.8, 4) is 0 Å². The van der Waals surface area contributed by atoms with Crippen LogP contribution in [0.25, 0.3) is 0 Å². The molecule has 1 aliphatic rings. The van der Waals surface area contributed by atoms with Crippen molar-refractivity contribution in [2.75, 3.05) is 0 Å². The first-order chi connectivity index (χ1) is 13.3. The van der Waals surface area contributed by atoms with Crippen molar-refractivity contribution < 1.29 is 110 Å². The van der Waals surface area contributed by atoms with Gasteiger partial charge in [-0.15, -0.1) is 0 Å². The third-order valence-corrected chi connectivity index (χ3v) is 6.02. The molecule has 0 amide bonds. The summed E-state index contributed by atoms with van der Waals surface area (Å²) >= 11 is 0. The second-order valence-electron chi connectivity index (χ2n) is 8.10. The molecule has 4 rings (SSSR count). The van der Waals surface area contributed by atoms with E-state index >= 15 is 0 Å². The molecular weight excluding hydrogens is 814 g/mol. The van der Waals surface area contributed by atoms with Gasteiger partial charge in [0.1, 0.15) is 0 Å². The molecule has 5 radical (unpaired) electrons. The maximum atomic E-state index is 3.12. The third kappa shape index (κ3) is 12.3. The summed E-state index contributed by atoms with van der Waals surface area (Å²) in [5, 5.41) is 0. The van der Waals surface area contributed by atoms with Gasteiger partial charge in [0.05, 0.1) is 0 Å². The van der Waals surface area contributed by atoms with Crippen molar-refractivity contribution in [3.05, 3.63) is 107 Å². The Morgan fingerprint density at radius 3 is 1.32 bits per heavy atom. The summed E-state index contributed by atoms with van der Waals surface area (Å²) in [6, 6.07) is 32.3. The van der Waals surface area contributed by atoms with Crippen LogP contribution in [0.3, 0.4) is 0 Å². The van der Waals surface area contributed by atoms with Crippen LogP contribution in [0.5, 0.6) is 0 Å². The van der Waals surface area contributed by atoms with Crippen molar-refractivity contribution in [2.45, 2.75) is 44.9 Å². The van der Waals surface area contributed by atoms with Gasteiger partial charge in [-0.25, -0.2) is 0 Å². The minimum atomic E-state index is 0. The SMILES string of the molecule is [Ra].[Rb].[Y].[Y].[c-]1ccc(Cc2ccc(CC3CCC(Cc4cc[c-]cc4)CC3)cc2)cc1. The number of rotatable bonds is 6. The van der Waals surface area contributed by atoms with Gasteiger partial charge in [-0.05, 0) is 67.9 Å². The molecule has 0 unspecified atom stereocenters. The first-order valence-corrected chi connectivity index (χ1v) is 10.3. The fraction of sp³-hybridized carbons (Fsp3) is 0.333. The summed E-state index contributed by atoms with van der Waals surface area (Å²) in [6.07, 6.45) is 9.02. The number of hydrogen-bond donors (Lipinski definition) is 0. The average Bonchev–Trinajstić information content (AvgIpc) is 2.73. The van der Waals surface area contributed by atoms with Crippen LogP contribution in [0, 0.1) is 69.0 Å². The first kappa shape index (κ1) is 34.1. The molecule has 0 aromatic heterocycles. The summed E-state index contributed by atoms with van der Waals surface area (Å²) in [6.45, 7) is 0. The summed E-state index contributed by atoms with van der Waals surface area (Å²) < 4.78 is 0. The van der Waals surface area contributed by atoms with Gasteiger partial charge in [0, 0.05) is 169 Å². The second kappa shape index (κ2) is 19.3. The van der Waals surface area contributed by atoms with E-state index in [9.17, 15) is 0 Å². The van der Waals surface area contributed by atoms with Crippen LogP contribution < -0.4 is 0 Å². The Hall–Kier alpha value is 3.14. The monoisotopic (exact) mass is 841 g/mol. The van der Waals surface area contributed by atoms with E-state index < -0.39 is 0 Å². The quantitative estimate of drug-likeness (QED) is 0.264. The molecule has 1 aliphatic carbocycles. The Morgan fingerprint density at radius 1 is 0.548 bits per heavy atom. The van der Waals surface area contributed by atoms with Crippen LogP contribution in [-0.4, -0.2) is 58.2 Å². The third-order valence-electron chi connectivity index (χ3n) is 6.02. The van der Waals surface area contributed by atoms with E-state index in [0.717, 1.165) is 18.3 Å². The van der Waals surface area contributed by atoms with Crippen molar-refractivity contribution in [1.29, 1.82) is 0 Å². The predicted molar refractivity (Wildman–Crippen MR) is 118 cm³/mol. The van der Waals surface area contributed by atoms with E-state index in [-0.39, 0.29) is 169 Å². The van der Waals surface area contributed by atoms with Gasteiger partial charge in [0.2, 0.25) is 0 Å². The Morgan fingerprint density at radius 2 is 0.871 bits per heavy atom. The Kier molecular flexibility index (Phi) is 21.2. The molecule has 31 heavy (non-hydrogen) atoms. The summed E-state index contributed by atoms with van der Waals surface area (Å²) in [4.78, 5) is 0. The predicted octanol–water partition coefficient (Wildman–Crippen LogP) is 6.08.